The third-order valence-electron chi connectivity index (χ3n) is 5.15. The molecular formula is C28H38N4O. The number of ether oxygens (including phenoxy) is 1. The summed E-state index contributed by atoms with van der Waals surface area (Å²) in [7, 11) is 3.48. The van der Waals surface area contributed by atoms with Crippen molar-refractivity contribution in [1.82, 2.24) is 5.32 Å². The van der Waals surface area contributed by atoms with Crippen molar-refractivity contribution < 1.29 is 4.74 Å². The fraction of sp³-hybridized carbons (Fsp3) is 0.321. The highest BCUT2D eigenvalue weighted by atomic mass is 16.5. The Bertz CT molecular complexity index is 1020. The Labute approximate surface area is 199 Å². The highest BCUT2D eigenvalue weighted by Crippen LogP contribution is 2.31. The maximum Gasteiger partial charge on any atom is 0.131 e. The number of nitrogens with one attached hydrogen (secondary N) is 3. The maximum atomic E-state index is 5.44. The van der Waals surface area contributed by atoms with Crippen LogP contribution in [0.4, 0.5) is 11.4 Å². The molecule has 4 rings (SSSR count). The standard InChI is InChI=1S/C16H17N3O.C10H15N.C2H6/c1-17-15-11-7-3-5-9-13(11)18-16(19-15)12-8-4-6-10-14(12)20-2;1-3-8-11-10-7-5-4-6-9(10)2;1-2/h3-10,16,18H,1-2H3,(H,17,19);4-7,11H,3,8H2,1-2H3;1-2H3. The van der Waals surface area contributed by atoms with Crippen LogP contribution in [0.15, 0.2) is 77.8 Å². The number of benzene rings is 3. The van der Waals surface area contributed by atoms with E-state index in [1.807, 2.05) is 50.2 Å². The number of anilines is 2. The van der Waals surface area contributed by atoms with E-state index in [1.165, 1.54) is 17.7 Å². The molecule has 1 atom stereocenters. The van der Waals surface area contributed by atoms with Crippen molar-refractivity contribution in [3.63, 3.8) is 0 Å². The number of amidine groups is 1. The molecule has 1 aliphatic heterocycles. The first-order chi connectivity index (χ1) is 16.2. The van der Waals surface area contributed by atoms with Gasteiger partial charge in [0.2, 0.25) is 0 Å². The Morgan fingerprint density at radius 1 is 0.909 bits per heavy atom. The Morgan fingerprint density at radius 3 is 2.27 bits per heavy atom. The highest BCUT2D eigenvalue weighted by Gasteiger charge is 2.24. The topological polar surface area (TPSA) is 57.7 Å². The van der Waals surface area contributed by atoms with Crippen LogP contribution in [0.1, 0.15) is 50.0 Å². The Hall–Kier alpha value is -3.47. The first-order valence-electron chi connectivity index (χ1n) is 11.7. The number of para-hydroxylation sites is 3. The molecule has 5 heteroatoms. The maximum absolute atomic E-state index is 5.44. The van der Waals surface area contributed by atoms with Crippen molar-refractivity contribution in [2.75, 3.05) is 31.3 Å². The Kier molecular flexibility index (Phi) is 10.8. The quantitative estimate of drug-likeness (QED) is 0.412. The molecule has 1 aliphatic rings. The molecule has 0 aromatic heterocycles. The second kappa shape index (κ2) is 13.8. The number of hydrogen-bond acceptors (Lipinski definition) is 4. The van der Waals surface area contributed by atoms with Gasteiger partial charge in [-0.1, -0.05) is 69.3 Å². The zero-order chi connectivity index (χ0) is 24.1. The molecule has 0 bridgehead atoms. The van der Waals surface area contributed by atoms with Crippen molar-refractivity contribution in [3.8, 4) is 5.75 Å². The van der Waals surface area contributed by atoms with Gasteiger partial charge < -0.3 is 20.7 Å². The van der Waals surface area contributed by atoms with Gasteiger partial charge in [-0.25, -0.2) is 0 Å². The van der Waals surface area contributed by atoms with Crippen LogP contribution < -0.4 is 20.7 Å². The molecule has 0 amide bonds. The minimum atomic E-state index is -0.0558. The number of fused-ring (bicyclic) bond motifs is 1. The molecule has 176 valence electrons. The lowest BCUT2D eigenvalue weighted by Gasteiger charge is -2.31. The number of nitrogens with zero attached hydrogens (tertiary/aromatic N) is 1. The van der Waals surface area contributed by atoms with Crippen molar-refractivity contribution >= 4 is 17.2 Å². The zero-order valence-electron chi connectivity index (χ0n) is 20.8. The summed E-state index contributed by atoms with van der Waals surface area (Å²) in [5.41, 5.74) is 5.80. The van der Waals surface area contributed by atoms with Crippen molar-refractivity contribution in [2.45, 2.75) is 40.3 Å². The van der Waals surface area contributed by atoms with E-state index in [2.05, 4.69) is 71.2 Å². The summed E-state index contributed by atoms with van der Waals surface area (Å²) in [6, 6.07) is 24.5. The molecule has 0 saturated heterocycles. The molecule has 3 N–H and O–H groups in total. The van der Waals surface area contributed by atoms with Crippen molar-refractivity contribution in [1.29, 1.82) is 0 Å². The Morgan fingerprint density at radius 2 is 1.58 bits per heavy atom. The van der Waals surface area contributed by atoms with Gasteiger partial charge in [-0.3, -0.25) is 4.99 Å². The Balaban J connectivity index is 0.000000252. The van der Waals surface area contributed by atoms with Gasteiger partial charge in [0, 0.05) is 36.1 Å². The van der Waals surface area contributed by atoms with E-state index in [1.54, 1.807) is 14.2 Å². The summed E-state index contributed by atoms with van der Waals surface area (Å²) in [6.45, 7) is 9.36. The minimum Gasteiger partial charge on any atom is -0.496 e. The van der Waals surface area contributed by atoms with E-state index in [4.69, 9.17) is 4.74 Å². The van der Waals surface area contributed by atoms with Crippen LogP contribution >= 0.6 is 0 Å². The fourth-order valence-corrected chi connectivity index (χ4v) is 3.50. The second-order valence-corrected chi connectivity index (χ2v) is 7.32. The predicted molar refractivity (Wildman–Crippen MR) is 143 cm³/mol. The van der Waals surface area contributed by atoms with Crippen LogP contribution in [0.2, 0.25) is 0 Å². The molecule has 0 radical (unpaired) electrons. The lowest BCUT2D eigenvalue weighted by atomic mass is 10.0. The number of hydrogen-bond donors (Lipinski definition) is 3. The summed E-state index contributed by atoms with van der Waals surface area (Å²) < 4.78 is 5.44. The summed E-state index contributed by atoms with van der Waals surface area (Å²) in [6.07, 6.45) is 1.12. The average molecular weight is 447 g/mol. The van der Waals surface area contributed by atoms with Crippen molar-refractivity contribution in [3.05, 3.63) is 89.5 Å². The molecule has 0 aliphatic carbocycles. The average Bonchev–Trinajstić information content (AvgIpc) is 2.89. The monoisotopic (exact) mass is 446 g/mol. The molecule has 3 aromatic rings. The fourth-order valence-electron chi connectivity index (χ4n) is 3.50. The summed E-state index contributed by atoms with van der Waals surface area (Å²) in [5, 5.41) is 10.3. The molecule has 0 fully saturated rings. The minimum absolute atomic E-state index is 0.0558. The van der Waals surface area contributed by atoms with Gasteiger partial charge in [0.25, 0.3) is 0 Å². The van der Waals surface area contributed by atoms with E-state index in [0.717, 1.165) is 34.9 Å². The smallest absolute Gasteiger partial charge is 0.131 e. The second-order valence-electron chi connectivity index (χ2n) is 7.32. The van der Waals surface area contributed by atoms with Gasteiger partial charge in [-0.2, -0.15) is 0 Å². The largest absolute Gasteiger partial charge is 0.496 e. The first-order valence-corrected chi connectivity index (χ1v) is 11.7. The van der Waals surface area contributed by atoms with Crippen LogP contribution in [0.5, 0.6) is 5.75 Å². The third-order valence-corrected chi connectivity index (χ3v) is 5.15. The molecule has 33 heavy (non-hydrogen) atoms. The highest BCUT2D eigenvalue weighted by molar-refractivity contribution is 6.05. The lowest BCUT2D eigenvalue weighted by molar-refractivity contribution is 0.405. The van der Waals surface area contributed by atoms with Crippen LogP contribution in [-0.2, 0) is 0 Å². The van der Waals surface area contributed by atoms with E-state index < -0.39 is 0 Å². The van der Waals surface area contributed by atoms with Gasteiger partial charge in [-0.15, -0.1) is 0 Å². The molecular weight excluding hydrogens is 408 g/mol. The lowest BCUT2D eigenvalue weighted by Crippen LogP contribution is -2.39. The normalized spacial score (nSPS) is 14.8. The molecule has 0 saturated carbocycles. The third kappa shape index (κ3) is 7.01. The van der Waals surface area contributed by atoms with E-state index in [0.29, 0.717) is 0 Å². The molecule has 0 spiro atoms. The SMILES string of the molecule is CC.CCCNc1ccccc1C.CN=C1NC(c2ccccc2OC)Nc2ccccc21. The van der Waals surface area contributed by atoms with Gasteiger partial charge in [0.05, 0.1) is 7.11 Å². The zero-order valence-corrected chi connectivity index (χ0v) is 20.8. The van der Waals surface area contributed by atoms with Gasteiger partial charge in [0.15, 0.2) is 0 Å². The summed E-state index contributed by atoms with van der Waals surface area (Å²) >= 11 is 0. The summed E-state index contributed by atoms with van der Waals surface area (Å²) in [5.74, 6) is 1.74. The molecule has 5 nitrogen and oxygen atoms in total. The van der Waals surface area contributed by atoms with Gasteiger partial charge in [-0.05, 0) is 43.2 Å². The van der Waals surface area contributed by atoms with Crippen molar-refractivity contribution in [2.24, 2.45) is 4.99 Å². The first kappa shape index (κ1) is 25.8. The summed E-state index contributed by atoms with van der Waals surface area (Å²) in [4.78, 5) is 4.34. The van der Waals surface area contributed by atoms with E-state index >= 15 is 0 Å². The van der Waals surface area contributed by atoms with Crippen LogP contribution in [-0.4, -0.2) is 26.5 Å². The molecule has 3 aromatic carbocycles. The predicted octanol–water partition coefficient (Wildman–Crippen LogP) is 6.63. The number of aliphatic imine (C=N–C) groups is 1. The van der Waals surface area contributed by atoms with Crippen LogP contribution in [0.3, 0.4) is 0 Å². The molecule has 1 heterocycles. The van der Waals surface area contributed by atoms with Crippen LogP contribution in [0.25, 0.3) is 0 Å². The number of rotatable bonds is 5. The van der Waals surface area contributed by atoms with Gasteiger partial charge in [0.1, 0.15) is 17.8 Å². The van der Waals surface area contributed by atoms with Gasteiger partial charge >= 0.3 is 0 Å². The molecule has 1 unspecified atom stereocenters. The van der Waals surface area contributed by atoms with E-state index in [-0.39, 0.29) is 6.17 Å². The van der Waals surface area contributed by atoms with E-state index in [9.17, 15) is 0 Å². The van der Waals surface area contributed by atoms with Crippen LogP contribution in [0, 0.1) is 6.92 Å². The number of methoxy groups -OCH3 is 1. The number of aryl methyl sites for hydroxylation is 1.